The highest BCUT2D eigenvalue weighted by atomic mass is 16.6. The molecule has 0 aliphatic rings. The van der Waals surface area contributed by atoms with Crippen LogP contribution in [0.4, 0.5) is 11.4 Å². The van der Waals surface area contributed by atoms with Gasteiger partial charge in [-0.1, -0.05) is 30.3 Å². The fourth-order valence-corrected chi connectivity index (χ4v) is 1.98. The minimum Gasteiger partial charge on any atom is -0.452 e. The van der Waals surface area contributed by atoms with E-state index in [-0.39, 0.29) is 11.3 Å². The van der Waals surface area contributed by atoms with Gasteiger partial charge in [0, 0.05) is 24.4 Å². The highest BCUT2D eigenvalue weighted by Gasteiger charge is 2.18. The van der Waals surface area contributed by atoms with Crippen molar-refractivity contribution in [1.82, 2.24) is 0 Å². The Kier molecular flexibility index (Phi) is 5.45. The van der Waals surface area contributed by atoms with Gasteiger partial charge in [-0.15, -0.1) is 0 Å². The smallest absolute Gasteiger partial charge is 0.341 e. The second-order valence-electron chi connectivity index (χ2n) is 4.87. The minimum absolute atomic E-state index is 0.0404. The Morgan fingerprint density at radius 2 is 1.88 bits per heavy atom. The van der Waals surface area contributed by atoms with E-state index in [1.807, 2.05) is 30.3 Å². The summed E-state index contributed by atoms with van der Waals surface area (Å²) in [6.45, 7) is -0.186. The lowest BCUT2D eigenvalue weighted by Gasteiger charge is -2.11. The van der Waals surface area contributed by atoms with Crippen LogP contribution in [-0.4, -0.2) is 23.4 Å². The summed E-state index contributed by atoms with van der Waals surface area (Å²) >= 11 is 0. The van der Waals surface area contributed by atoms with Gasteiger partial charge in [-0.2, -0.15) is 0 Å². The van der Waals surface area contributed by atoms with Crippen molar-refractivity contribution in [2.24, 2.45) is 5.73 Å². The molecule has 0 atom stereocenters. The van der Waals surface area contributed by atoms with E-state index in [4.69, 9.17) is 10.5 Å². The molecule has 24 heavy (non-hydrogen) atoms. The lowest BCUT2D eigenvalue weighted by Crippen LogP contribution is -2.21. The molecule has 0 saturated heterocycles. The number of nitrogens with two attached hydrogens (primary N) is 1. The maximum absolute atomic E-state index is 12.1. The van der Waals surface area contributed by atoms with Crippen LogP contribution in [0.5, 0.6) is 0 Å². The third kappa shape index (κ3) is 4.54. The van der Waals surface area contributed by atoms with Crippen LogP contribution in [0.15, 0.2) is 48.5 Å². The van der Waals surface area contributed by atoms with Crippen LogP contribution in [0.2, 0.25) is 0 Å². The Labute approximate surface area is 137 Å². The number of hydrogen-bond acceptors (Lipinski definition) is 6. The number of carbonyl (C=O) groups is 2. The van der Waals surface area contributed by atoms with Crippen LogP contribution in [0.1, 0.15) is 15.9 Å². The van der Waals surface area contributed by atoms with E-state index in [0.717, 1.165) is 11.6 Å². The molecule has 0 bridgehead atoms. The number of nitro groups is 1. The first-order valence-electron chi connectivity index (χ1n) is 6.99. The molecule has 2 rings (SSSR count). The average Bonchev–Trinajstić information content (AvgIpc) is 2.58. The summed E-state index contributed by atoms with van der Waals surface area (Å²) in [6, 6.07) is 13.2. The number of nitrogens with zero attached hydrogens (tertiary/aromatic N) is 1. The van der Waals surface area contributed by atoms with Crippen molar-refractivity contribution in [3.05, 3.63) is 69.8 Å². The Morgan fingerprint density at radius 3 is 2.50 bits per heavy atom. The average molecular weight is 329 g/mol. The standard InChI is InChI=1S/C16H15N3O5/c17-15(20)10-24-16(21)13-8-12(19(22)23)6-7-14(13)18-9-11-4-2-1-3-5-11/h1-8,18H,9-10H2,(H2,17,20). The van der Waals surface area contributed by atoms with E-state index < -0.39 is 23.4 Å². The molecule has 0 unspecified atom stereocenters. The molecular formula is C16H15N3O5. The second-order valence-corrected chi connectivity index (χ2v) is 4.87. The molecule has 0 aliphatic heterocycles. The monoisotopic (exact) mass is 329 g/mol. The van der Waals surface area contributed by atoms with Crippen molar-refractivity contribution < 1.29 is 19.2 Å². The number of primary amides is 1. The molecule has 0 fully saturated rings. The summed E-state index contributed by atoms with van der Waals surface area (Å²) in [6.07, 6.45) is 0. The summed E-state index contributed by atoms with van der Waals surface area (Å²) < 4.78 is 4.74. The Bertz CT molecular complexity index is 762. The first-order chi connectivity index (χ1) is 11.5. The van der Waals surface area contributed by atoms with Gasteiger partial charge in [0.2, 0.25) is 0 Å². The maximum Gasteiger partial charge on any atom is 0.341 e. The Balaban J connectivity index is 2.23. The minimum atomic E-state index is -0.868. The van der Waals surface area contributed by atoms with E-state index in [1.165, 1.54) is 12.1 Å². The van der Waals surface area contributed by atoms with Gasteiger partial charge >= 0.3 is 5.97 Å². The van der Waals surface area contributed by atoms with E-state index in [1.54, 1.807) is 0 Å². The van der Waals surface area contributed by atoms with Gasteiger partial charge in [-0.25, -0.2) is 4.79 Å². The SMILES string of the molecule is NC(=O)COC(=O)c1cc([N+](=O)[O-])ccc1NCc1ccccc1. The lowest BCUT2D eigenvalue weighted by molar-refractivity contribution is -0.384. The molecule has 8 nitrogen and oxygen atoms in total. The summed E-state index contributed by atoms with van der Waals surface area (Å²) in [5, 5.41) is 13.9. The van der Waals surface area contributed by atoms with Crippen molar-refractivity contribution >= 4 is 23.3 Å². The number of ether oxygens (including phenoxy) is 1. The summed E-state index contributed by atoms with van der Waals surface area (Å²) in [7, 11) is 0. The van der Waals surface area contributed by atoms with Gasteiger partial charge in [0.05, 0.1) is 10.5 Å². The Hall–Kier alpha value is -3.42. The van der Waals surface area contributed by atoms with Crippen LogP contribution in [0.3, 0.4) is 0 Å². The van der Waals surface area contributed by atoms with E-state index in [0.29, 0.717) is 12.2 Å². The molecule has 2 aromatic rings. The largest absolute Gasteiger partial charge is 0.452 e. The molecule has 1 amide bonds. The van der Waals surface area contributed by atoms with Crippen LogP contribution in [0.25, 0.3) is 0 Å². The highest BCUT2D eigenvalue weighted by Crippen LogP contribution is 2.23. The number of benzene rings is 2. The van der Waals surface area contributed by atoms with Crippen molar-refractivity contribution in [3.8, 4) is 0 Å². The zero-order valence-electron chi connectivity index (χ0n) is 12.6. The van der Waals surface area contributed by atoms with Crippen LogP contribution in [-0.2, 0) is 16.1 Å². The van der Waals surface area contributed by atoms with Crippen LogP contribution >= 0.6 is 0 Å². The molecule has 3 N–H and O–H groups in total. The predicted molar refractivity (Wildman–Crippen MR) is 86.3 cm³/mol. The molecule has 0 spiro atoms. The number of amides is 1. The fraction of sp³-hybridized carbons (Fsp3) is 0.125. The number of anilines is 1. The molecule has 0 aliphatic carbocycles. The van der Waals surface area contributed by atoms with Crippen molar-refractivity contribution in [2.75, 3.05) is 11.9 Å². The number of hydrogen-bond donors (Lipinski definition) is 2. The topological polar surface area (TPSA) is 125 Å². The second kappa shape index (κ2) is 7.73. The quantitative estimate of drug-likeness (QED) is 0.454. The molecule has 124 valence electrons. The zero-order chi connectivity index (χ0) is 17.5. The van der Waals surface area contributed by atoms with Gasteiger partial charge < -0.3 is 15.8 Å². The van der Waals surface area contributed by atoms with Crippen molar-refractivity contribution in [1.29, 1.82) is 0 Å². The van der Waals surface area contributed by atoms with Gasteiger partial charge in [0.25, 0.3) is 11.6 Å². The number of nitro benzene ring substituents is 1. The summed E-state index contributed by atoms with van der Waals surface area (Å²) in [4.78, 5) is 33.1. The highest BCUT2D eigenvalue weighted by molar-refractivity contribution is 5.97. The van der Waals surface area contributed by atoms with E-state index in [2.05, 4.69) is 5.32 Å². The van der Waals surface area contributed by atoms with Crippen LogP contribution < -0.4 is 11.1 Å². The maximum atomic E-state index is 12.1. The summed E-state index contributed by atoms with van der Waals surface area (Å²) in [5.74, 6) is -1.68. The number of rotatable bonds is 7. The van der Waals surface area contributed by atoms with E-state index in [9.17, 15) is 19.7 Å². The van der Waals surface area contributed by atoms with Gasteiger partial charge in [-0.3, -0.25) is 14.9 Å². The lowest BCUT2D eigenvalue weighted by atomic mass is 10.1. The number of nitrogens with one attached hydrogen (secondary N) is 1. The molecular weight excluding hydrogens is 314 g/mol. The van der Waals surface area contributed by atoms with Crippen LogP contribution in [0, 0.1) is 10.1 Å². The predicted octanol–water partition coefficient (Wildman–Crippen LogP) is 1.85. The first kappa shape index (κ1) is 16.9. The van der Waals surface area contributed by atoms with E-state index >= 15 is 0 Å². The molecule has 8 heteroatoms. The summed E-state index contributed by atoms with van der Waals surface area (Å²) in [5.41, 5.74) is 5.96. The van der Waals surface area contributed by atoms with Crippen molar-refractivity contribution in [2.45, 2.75) is 6.54 Å². The number of esters is 1. The van der Waals surface area contributed by atoms with Gasteiger partial charge in [-0.05, 0) is 11.6 Å². The number of carbonyl (C=O) groups excluding carboxylic acids is 2. The van der Waals surface area contributed by atoms with Crippen molar-refractivity contribution in [3.63, 3.8) is 0 Å². The zero-order valence-corrected chi connectivity index (χ0v) is 12.6. The molecule has 0 radical (unpaired) electrons. The Morgan fingerprint density at radius 1 is 1.17 bits per heavy atom. The molecule has 0 aromatic heterocycles. The molecule has 2 aromatic carbocycles. The normalized spacial score (nSPS) is 10.0. The third-order valence-electron chi connectivity index (χ3n) is 3.11. The third-order valence-corrected chi connectivity index (χ3v) is 3.11. The molecule has 0 saturated carbocycles. The van der Waals surface area contributed by atoms with Gasteiger partial charge in [0.15, 0.2) is 6.61 Å². The van der Waals surface area contributed by atoms with Gasteiger partial charge in [0.1, 0.15) is 0 Å². The first-order valence-corrected chi connectivity index (χ1v) is 6.99. The fourth-order valence-electron chi connectivity index (χ4n) is 1.98. The molecule has 0 heterocycles. The number of non-ortho nitro benzene ring substituents is 1.